The van der Waals surface area contributed by atoms with E-state index in [-0.39, 0.29) is 17.1 Å². The van der Waals surface area contributed by atoms with E-state index in [2.05, 4.69) is 28.3 Å². The summed E-state index contributed by atoms with van der Waals surface area (Å²) >= 11 is 0. The number of aliphatic hydroxyl groups is 5. The molecule has 0 spiro atoms. The quantitative estimate of drug-likeness (QED) is 0.134. The number of anilines is 1. The standard InChI is InChI=1S/C16H25N5O15P2/c1-4-7(22)9(24)11(26)15(33-4)35-38(30,31)36-37(28,29)32-2-5-8(23)10(25)14(34-5)21-3-18-6-12(21)19-16(17)20-13(6)27/h3-5,7-11,14-15,22-26H,2H2,1H3,(H,28,29)(H,30,31)(H3,17,19,20,27)/t4-,5-,7?,8-,9+,10-,11+,14-,15-/m1/s1. The van der Waals surface area contributed by atoms with Gasteiger partial charge in [-0.3, -0.25) is 23.4 Å². The van der Waals surface area contributed by atoms with E-state index >= 15 is 0 Å². The highest BCUT2D eigenvalue weighted by Gasteiger charge is 2.49. The first kappa shape index (κ1) is 29.1. The Kier molecular flexibility index (Phi) is 8.12. The van der Waals surface area contributed by atoms with E-state index in [0.29, 0.717) is 0 Å². The summed E-state index contributed by atoms with van der Waals surface area (Å²) in [5.74, 6) is -0.266. The number of phosphoric acid groups is 2. The Bertz CT molecular complexity index is 1320. The summed E-state index contributed by atoms with van der Waals surface area (Å²) in [4.78, 5) is 41.7. The van der Waals surface area contributed by atoms with Crippen molar-refractivity contribution in [2.75, 3.05) is 12.3 Å². The van der Waals surface area contributed by atoms with Crippen LogP contribution in [0.4, 0.5) is 5.95 Å². The van der Waals surface area contributed by atoms with E-state index in [1.807, 2.05) is 0 Å². The van der Waals surface area contributed by atoms with Gasteiger partial charge >= 0.3 is 15.6 Å². The second-order valence-corrected chi connectivity index (χ2v) is 11.4. The minimum absolute atomic E-state index is 0.0994. The van der Waals surface area contributed by atoms with Crippen LogP contribution in [0.2, 0.25) is 0 Å². The van der Waals surface area contributed by atoms with Crippen molar-refractivity contribution in [2.24, 2.45) is 0 Å². The summed E-state index contributed by atoms with van der Waals surface area (Å²) in [6, 6.07) is 0. The second kappa shape index (κ2) is 10.6. The van der Waals surface area contributed by atoms with Gasteiger partial charge in [0, 0.05) is 0 Å². The van der Waals surface area contributed by atoms with Crippen LogP contribution < -0.4 is 11.3 Å². The molecule has 0 bridgehead atoms. The fraction of sp³-hybridized carbons (Fsp3) is 0.688. The Morgan fingerprint density at radius 2 is 1.74 bits per heavy atom. The topological polar surface area (TPSA) is 311 Å². The van der Waals surface area contributed by atoms with E-state index in [4.69, 9.17) is 15.2 Å². The van der Waals surface area contributed by atoms with Crippen molar-refractivity contribution in [1.29, 1.82) is 0 Å². The van der Waals surface area contributed by atoms with Crippen molar-refractivity contribution in [3.05, 3.63) is 16.7 Å². The van der Waals surface area contributed by atoms with Gasteiger partial charge in [-0.05, 0) is 6.92 Å². The van der Waals surface area contributed by atoms with Crippen molar-refractivity contribution < 1.29 is 67.3 Å². The van der Waals surface area contributed by atoms with Crippen molar-refractivity contribution in [3.8, 4) is 0 Å². The molecule has 2 aliphatic heterocycles. The molecule has 214 valence electrons. The third-order valence-electron chi connectivity index (χ3n) is 5.72. The highest BCUT2D eigenvalue weighted by molar-refractivity contribution is 7.61. The molecule has 2 aromatic heterocycles. The lowest BCUT2D eigenvalue weighted by Crippen LogP contribution is -2.57. The number of H-pyrrole nitrogens is 1. The van der Waals surface area contributed by atoms with Crippen LogP contribution in [0.1, 0.15) is 13.2 Å². The SMILES string of the molecule is C[C@H]1O[C@H](OP(=O)(O)OP(=O)(O)OC[C@H]2O[C@@H](n3cnc4c(=O)[nH]c(N)nc43)[C@H](O)[C@@H]2O)[C@@H](O)[C@@H](O)C1O. The lowest BCUT2D eigenvalue weighted by atomic mass is 10.0. The molecule has 2 fully saturated rings. The highest BCUT2D eigenvalue weighted by Crippen LogP contribution is 2.61. The van der Waals surface area contributed by atoms with Crippen LogP contribution in [0.15, 0.2) is 11.1 Å². The third kappa shape index (κ3) is 5.83. The van der Waals surface area contributed by atoms with E-state index in [0.717, 1.165) is 10.9 Å². The van der Waals surface area contributed by atoms with Gasteiger partial charge in [-0.1, -0.05) is 0 Å². The van der Waals surface area contributed by atoms with Crippen LogP contribution in [0.3, 0.4) is 0 Å². The smallest absolute Gasteiger partial charge is 0.388 e. The summed E-state index contributed by atoms with van der Waals surface area (Å²) in [5, 5.41) is 50.0. The second-order valence-electron chi connectivity index (χ2n) is 8.42. The number of nitrogens with two attached hydrogens (primary N) is 1. The van der Waals surface area contributed by atoms with Gasteiger partial charge in [-0.15, -0.1) is 0 Å². The van der Waals surface area contributed by atoms with Gasteiger partial charge < -0.3 is 50.5 Å². The Morgan fingerprint density at radius 3 is 2.42 bits per heavy atom. The number of rotatable bonds is 8. The van der Waals surface area contributed by atoms with Crippen molar-refractivity contribution in [2.45, 2.75) is 62.2 Å². The predicted molar refractivity (Wildman–Crippen MR) is 119 cm³/mol. The number of ether oxygens (including phenoxy) is 2. The maximum absolute atomic E-state index is 12.3. The third-order valence-corrected chi connectivity index (χ3v) is 8.32. The molecule has 0 amide bonds. The first-order chi connectivity index (χ1) is 17.6. The number of phosphoric ester groups is 2. The molecular weight excluding hydrogens is 564 g/mol. The van der Waals surface area contributed by atoms with Crippen LogP contribution in [-0.2, 0) is 32.0 Å². The lowest BCUT2D eigenvalue weighted by Gasteiger charge is -2.38. The molecule has 2 saturated heterocycles. The molecule has 2 aliphatic rings. The molecule has 0 aliphatic carbocycles. The Labute approximate surface area is 211 Å². The maximum atomic E-state index is 12.3. The monoisotopic (exact) mass is 589 g/mol. The molecule has 11 atom stereocenters. The highest BCUT2D eigenvalue weighted by atomic mass is 31.3. The van der Waals surface area contributed by atoms with Gasteiger partial charge in [0.15, 0.2) is 23.7 Å². The summed E-state index contributed by atoms with van der Waals surface area (Å²) in [6.07, 6.45) is -13.8. The van der Waals surface area contributed by atoms with E-state index < -0.39 is 83.1 Å². The number of hydrogen-bond acceptors (Lipinski definition) is 16. The zero-order valence-electron chi connectivity index (χ0n) is 19.2. The predicted octanol–water partition coefficient (Wildman–Crippen LogP) is -3.60. The van der Waals surface area contributed by atoms with Crippen LogP contribution in [0, 0.1) is 0 Å². The number of aromatic nitrogens is 4. The number of aliphatic hydroxyl groups excluding tert-OH is 5. The lowest BCUT2D eigenvalue weighted by molar-refractivity contribution is -0.271. The van der Waals surface area contributed by atoms with Crippen LogP contribution in [0.5, 0.6) is 0 Å². The molecule has 4 heterocycles. The Balaban J connectivity index is 1.39. The van der Waals surface area contributed by atoms with E-state index in [1.54, 1.807) is 0 Å². The van der Waals surface area contributed by atoms with Crippen molar-refractivity contribution >= 4 is 32.8 Å². The molecule has 0 saturated carbocycles. The van der Waals surface area contributed by atoms with Gasteiger partial charge in [0.1, 0.15) is 36.6 Å². The average molecular weight is 589 g/mol. The van der Waals surface area contributed by atoms with Crippen LogP contribution >= 0.6 is 15.6 Å². The fourth-order valence-corrected chi connectivity index (χ4v) is 5.96. The number of nitrogen functional groups attached to an aromatic ring is 1. The number of imidazole rings is 1. The molecular formula is C16H25N5O15P2. The Morgan fingerprint density at radius 1 is 1.05 bits per heavy atom. The molecule has 3 unspecified atom stereocenters. The molecule has 10 N–H and O–H groups in total. The molecule has 0 aromatic carbocycles. The Hall–Kier alpha value is -1.87. The molecule has 4 rings (SSSR count). The van der Waals surface area contributed by atoms with Crippen LogP contribution in [-0.4, -0.2) is 110 Å². The molecule has 20 nitrogen and oxygen atoms in total. The zero-order valence-corrected chi connectivity index (χ0v) is 21.0. The fourth-order valence-electron chi connectivity index (χ4n) is 3.80. The summed E-state index contributed by atoms with van der Waals surface area (Å²) in [6.45, 7) is 0.291. The van der Waals surface area contributed by atoms with Gasteiger partial charge in [0.25, 0.3) is 5.56 Å². The first-order valence-electron chi connectivity index (χ1n) is 10.7. The zero-order chi connectivity index (χ0) is 28.2. The number of nitrogens with one attached hydrogen (secondary N) is 1. The maximum Gasteiger partial charge on any atom is 0.483 e. The largest absolute Gasteiger partial charge is 0.483 e. The molecule has 22 heteroatoms. The summed E-state index contributed by atoms with van der Waals surface area (Å²) in [5.41, 5.74) is 4.59. The minimum Gasteiger partial charge on any atom is -0.388 e. The van der Waals surface area contributed by atoms with E-state index in [1.165, 1.54) is 6.92 Å². The van der Waals surface area contributed by atoms with Gasteiger partial charge in [0.2, 0.25) is 5.95 Å². The van der Waals surface area contributed by atoms with Gasteiger partial charge in [-0.2, -0.15) is 9.29 Å². The number of nitrogens with zero attached hydrogens (tertiary/aromatic N) is 3. The van der Waals surface area contributed by atoms with Gasteiger partial charge in [0.05, 0.1) is 19.0 Å². The van der Waals surface area contributed by atoms with Crippen LogP contribution in [0.25, 0.3) is 11.2 Å². The number of aromatic amines is 1. The summed E-state index contributed by atoms with van der Waals surface area (Å²) < 4.78 is 49.3. The first-order valence-corrected chi connectivity index (χ1v) is 13.7. The van der Waals surface area contributed by atoms with Crippen molar-refractivity contribution in [1.82, 2.24) is 19.5 Å². The van der Waals surface area contributed by atoms with Crippen molar-refractivity contribution in [3.63, 3.8) is 0 Å². The van der Waals surface area contributed by atoms with Gasteiger partial charge in [-0.25, -0.2) is 14.1 Å². The normalized spacial score (nSPS) is 37.2. The average Bonchev–Trinajstić information content (AvgIpc) is 3.35. The number of fused-ring (bicyclic) bond motifs is 1. The molecule has 0 radical (unpaired) electrons. The van der Waals surface area contributed by atoms with E-state index in [9.17, 15) is 49.2 Å². The summed E-state index contributed by atoms with van der Waals surface area (Å²) in [7, 11) is -10.9. The number of hydrogen-bond donors (Lipinski definition) is 9. The molecule has 38 heavy (non-hydrogen) atoms. The molecule has 2 aromatic rings. The minimum atomic E-state index is -5.50.